The normalized spacial score (nSPS) is 16.5. The number of nitrogens with two attached hydrogens (primary N) is 1. The van der Waals surface area contributed by atoms with Gasteiger partial charge in [-0.1, -0.05) is 50.8 Å². The van der Waals surface area contributed by atoms with Gasteiger partial charge in [0, 0.05) is 11.9 Å². The molecule has 0 saturated heterocycles. The second kappa shape index (κ2) is 8.34. The summed E-state index contributed by atoms with van der Waals surface area (Å²) in [4.78, 5) is 24.3. The molecule has 1 aliphatic rings. The van der Waals surface area contributed by atoms with Crippen molar-refractivity contribution in [3.63, 3.8) is 0 Å². The van der Waals surface area contributed by atoms with E-state index in [0.29, 0.717) is 18.0 Å². The van der Waals surface area contributed by atoms with Crippen molar-refractivity contribution in [1.29, 1.82) is 0 Å². The summed E-state index contributed by atoms with van der Waals surface area (Å²) in [5.41, 5.74) is 6.75. The number of aromatic nitrogens is 2. The van der Waals surface area contributed by atoms with E-state index in [0.717, 1.165) is 23.9 Å². The summed E-state index contributed by atoms with van der Waals surface area (Å²) in [5.74, 6) is -0.228. The molecule has 1 fully saturated rings. The lowest BCUT2D eigenvalue weighted by Gasteiger charge is -2.21. The largest absolute Gasteiger partial charge is 0.368 e. The Hall–Kier alpha value is -2.37. The van der Waals surface area contributed by atoms with Gasteiger partial charge in [0.25, 0.3) is 5.91 Å². The van der Waals surface area contributed by atoms with Crippen LogP contribution in [0, 0.1) is 5.92 Å². The Bertz CT molecular complexity index is 777. The van der Waals surface area contributed by atoms with Crippen molar-refractivity contribution in [1.82, 2.24) is 15.1 Å². The van der Waals surface area contributed by atoms with Crippen LogP contribution in [0.4, 0.5) is 0 Å². The number of hydrogen-bond donors (Lipinski definition) is 2. The van der Waals surface area contributed by atoms with E-state index in [4.69, 9.17) is 5.73 Å². The third-order valence-corrected chi connectivity index (χ3v) is 5.26. The van der Waals surface area contributed by atoms with Crippen LogP contribution in [0.3, 0.4) is 0 Å². The minimum atomic E-state index is -0.658. The number of fused-ring (bicyclic) bond motifs is 1. The van der Waals surface area contributed by atoms with Gasteiger partial charge >= 0.3 is 0 Å². The van der Waals surface area contributed by atoms with Crippen LogP contribution < -0.4 is 11.1 Å². The second-order valence-corrected chi connectivity index (χ2v) is 7.27. The number of carbonyl (C=O) groups excluding carboxylic acids is 2. The van der Waals surface area contributed by atoms with E-state index in [1.807, 2.05) is 35.9 Å². The van der Waals surface area contributed by atoms with E-state index in [2.05, 4.69) is 10.4 Å². The number of carbonyl (C=O) groups is 2. The van der Waals surface area contributed by atoms with Crippen molar-refractivity contribution >= 4 is 22.7 Å². The average Bonchev–Trinajstić information content (AvgIpc) is 3.01. The molecule has 0 aliphatic heterocycles. The van der Waals surface area contributed by atoms with Crippen molar-refractivity contribution in [3.8, 4) is 0 Å². The lowest BCUT2D eigenvalue weighted by molar-refractivity contribution is -0.120. The number of nitrogens with one attached hydrogen (secondary N) is 1. The molecule has 2 aromatic rings. The van der Waals surface area contributed by atoms with Gasteiger partial charge in [-0.3, -0.25) is 14.3 Å². The maximum absolute atomic E-state index is 12.8. The minimum absolute atomic E-state index is 0.333. The molecule has 2 amide bonds. The van der Waals surface area contributed by atoms with Crippen LogP contribution in [0.25, 0.3) is 10.9 Å². The van der Waals surface area contributed by atoms with Gasteiger partial charge in [-0.25, -0.2) is 0 Å². The second-order valence-electron chi connectivity index (χ2n) is 7.27. The van der Waals surface area contributed by atoms with Crippen LogP contribution >= 0.6 is 0 Å². The van der Waals surface area contributed by atoms with Crippen LogP contribution in [0.1, 0.15) is 62.4 Å². The average molecular weight is 356 g/mol. The van der Waals surface area contributed by atoms with Crippen LogP contribution in [0.5, 0.6) is 0 Å². The number of primary amides is 1. The van der Waals surface area contributed by atoms with E-state index in [9.17, 15) is 9.59 Å². The van der Waals surface area contributed by atoms with Gasteiger partial charge in [-0.15, -0.1) is 0 Å². The summed E-state index contributed by atoms with van der Waals surface area (Å²) in [7, 11) is 0. The molecule has 6 nitrogen and oxygen atoms in total. The van der Waals surface area contributed by atoms with Gasteiger partial charge < -0.3 is 11.1 Å². The Kier molecular flexibility index (Phi) is 5.91. The molecular formula is C20H28N4O2. The summed E-state index contributed by atoms with van der Waals surface area (Å²) in [5, 5.41) is 8.18. The number of benzene rings is 1. The van der Waals surface area contributed by atoms with Gasteiger partial charge in [0.2, 0.25) is 5.91 Å². The SMILES string of the molecule is CCCC(NC(=O)c1nn(CC2CCCCC2)c2ccccc12)C(N)=O. The molecule has 1 heterocycles. The quantitative estimate of drug-likeness (QED) is 0.799. The van der Waals surface area contributed by atoms with Crippen molar-refractivity contribution in [2.75, 3.05) is 0 Å². The fourth-order valence-corrected chi connectivity index (χ4v) is 3.85. The number of hydrogen-bond acceptors (Lipinski definition) is 3. The summed E-state index contributed by atoms with van der Waals surface area (Å²) in [6, 6.07) is 7.12. The summed E-state index contributed by atoms with van der Waals surface area (Å²) >= 11 is 0. The molecule has 1 saturated carbocycles. The highest BCUT2D eigenvalue weighted by Gasteiger charge is 2.23. The first kappa shape index (κ1) is 18.4. The van der Waals surface area contributed by atoms with Crippen LogP contribution in [0.15, 0.2) is 24.3 Å². The minimum Gasteiger partial charge on any atom is -0.368 e. The molecular weight excluding hydrogens is 328 g/mol. The van der Waals surface area contributed by atoms with Gasteiger partial charge in [0.05, 0.1) is 5.52 Å². The highest BCUT2D eigenvalue weighted by Crippen LogP contribution is 2.27. The highest BCUT2D eigenvalue weighted by atomic mass is 16.2. The standard InChI is InChI=1S/C20H28N4O2/c1-2-8-16(19(21)25)22-20(26)18-15-11-6-7-12-17(15)24(23-18)13-14-9-4-3-5-10-14/h6-7,11-12,14,16H,2-5,8-10,13H2,1H3,(H2,21,25)(H,22,26). The predicted octanol–water partition coefficient (Wildman–Crippen LogP) is 3.00. The first-order valence-electron chi connectivity index (χ1n) is 9.66. The summed E-state index contributed by atoms with van der Waals surface area (Å²) in [6.45, 7) is 2.79. The maximum atomic E-state index is 12.8. The van der Waals surface area contributed by atoms with Crippen molar-refractivity contribution < 1.29 is 9.59 Å². The van der Waals surface area contributed by atoms with Gasteiger partial charge in [-0.05, 0) is 31.2 Å². The molecule has 140 valence electrons. The molecule has 0 radical (unpaired) electrons. The van der Waals surface area contributed by atoms with E-state index >= 15 is 0 Å². The highest BCUT2D eigenvalue weighted by molar-refractivity contribution is 6.06. The Morgan fingerprint density at radius 1 is 1.27 bits per heavy atom. The summed E-state index contributed by atoms with van der Waals surface area (Å²) in [6.07, 6.45) is 7.59. The zero-order valence-electron chi connectivity index (χ0n) is 15.4. The zero-order valence-corrected chi connectivity index (χ0v) is 15.4. The molecule has 1 unspecified atom stereocenters. The van der Waals surface area contributed by atoms with Crippen molar-refractivity contribution in [2.45, 2.75) is 64.5 Å². The molecule has 0 bridgehead atoms. The summed E-state index contributed by atoms with van der Waals surface area (Å²) < 4.78 is 1.96. The lowest BCUT2D eigenvalue weighted by atomic mass is 9.89. The Morgan fingerprint density at radius 2 is 2.00 bits per heavy atom. The number of nitrogens with zero attached hydrogens (tertiary/aromatic N) is 2. The predicted molar refractivity (Wildman–Crippen MR) is 102 cm³/mol. The van der Waals surface area contributed by atoms with Crippen LogP contribution in [-0.2, 0) is 11.3 Å². The smallest absolute Gasteiger partial charge is 0.273 e. The molecule has 1 aromatic carbocycles. The van der Waals surface area contributed by atoms with E-state index in [-0.39, 0.29) is 5.91 Å². The lowest BCUT2D eigenvalue weighted by Crippen LogP contribution is -2.44. The van der Waals surface area contributed by atoms with Gasteiger partial charge in [0.1, 0.15) is 6.04 Å². The Morgan fingerprint density at radius 3 is 2.69 bits per heavy atom. The van der Waals surface area contributed by atoms with Gasteiger partial charge in [0.15, 0.2) is 5.69 Å². The molecule has 0 spiro atoms. The Balaban J connectivity index is 1.85. The van der Waals surface area contributed by atoms with Crippen LogP contribution in [0.2, 0.25) is 0 Å². The number of amides is 2. The Labute approximate surface area is 154 Å². The van der Waals surface area contributed by atoms with Crippen molar-refractivity contribution in [2.24, 2.45) is 11.7 Å². The third-order valence-electron chi connectivity index (χ3n) is 5.26. The van der Waals surface area contributed by atoms with Gasteiger partial charge in [-0.2, -0.15) is 5.10 Å². The fraction of sp³-hybridized carbons (Fsp3) is 0.550. The molecule has 3 rings (SSSR count). The first-order chi connectivity index (χ1) is 12.6. The number of para-hydroxylation sites is 1. The molecule has 26 heavy (non-hydrogen) atoms. The van der Waals surface area contributed by atoms with Crippen molar-refractivity contribution in [3.05, 3.63) is 30.0 Å². The van der Waals surface area contributed by atoms with E-state index in [1.54, 1.807) is 0 Å². The molecule has 1 atom stereocenters. The fourth-order valence-electron chi connectivity index (χ4n) is 3.85. The van der Waals surface area contributed by atoms with Crippen LogP contribution in [-0.4, -0.2) is 27.6 Å². The zero-order chi connectivity index (χ0) is 18.5. The third kappa shape index (κ3) is 4.06. The van der Waals surface area contributed by atoms with E-state index in [1.165, 1.54) is 32.1 Å². The topological polar surface area (TPSA) is 90.0 Å². The van der Waals surface area contributed by atoms with E-state index < -0.39 is 11.9 Å². The molecule has 1 aromatic heterocycles. The molecule has 6 heteroatoms. The first-order valence-corrected chi connectivity index (χ1v) is 9.66. The molecule has 3 N–H and O–H groups in total. The number of rotatable bonds is 7. The molecule has 1 aliphatic carbocycles. The monoisotopic (exact) mass is 356 g/mol. The maximum Gasteiger partial charge on any atom is 0.273 e.